The highest BCUT2D eigenvalue weighted by atomic mass is 16.2. The third-order valence-corrected chi connectivity index (χ3v) is 6.14. The molecule has 162 valence electrons. The molecule has 31 heavy (non-hydrogen) atoms. The largest absolute Gasteiger partial charge is 0.351 e. The first-order chi connectivity index (χ1) is 15.1. The number of nitrogens with zero attached hydrogens (tertiary/aromatic N) is 1. The summed E-state index contributed by atoms with van der Waals surface area (Å²) in [6, 6.07) is 15.9. The summed E-state index contributed by atoms with van der Waals surface area (Å²) in [5.41, 5.74) is 2.04. The molecule has 0 aromatic heterocycles. The van der Waals surface area contributed by atoms with Crippen LogP contribution in [0.25, 0.3) is 0 Å². The van der Waals surface area contributed by atoms with Crippen LogP contribution in [0.4, 0.5) is 5.69 Å². The molecule has 2 aliphatic rings. The molecule has 6 heteroatoms. The first kappa shape index (κ1) is 21.1. The van der Waals surface area contributed by atoms with Crippen LogP contribution in [0, 0.1) is 0 Å². The maximum atomic E-state index is 13.4. The topological polar surface area (TPSA) is 78.5 Å². The molecule has 3 amide bonds. The summed E-state index contributed by atoms with van der Waals surface area (Å²) in [5.74, 6) is -1.12. The lowest BCUT2D eigenvalue weighted by molar-refractivity contribution is -0.134. The Morgan fingerprint density at radius 1 is 0.968 bits per heavy atom. The van der Waals surface area contributed by atoms with E-state index in [1.807, 2.05) is 30.3 Å². The summed E-state index contributed by atoms with van der Waals surface area (Å²) in [6.07, 6.45) is 6.60. The Morgan fingerprint density at radius 3 is 2.45 bits per heavy atom. The molecule has 1 heterocycles. The Bertz CT molecular complexity index is 938. The SMILES string of the molecule is O=C1Nc2ccccc2C(=O)N(CCCc2ccccc2)C1C(=O)NC1CCCCC1. The average molecular weight is 420 g/mol. The van der Waals surface area contributed by atoms with Crippen molar-refractivity contribution in [2.75, 3.05) is 11.9 Å². The van der Waals surface area contributed by atoms with E-state index in [4.69, 9.17) is 0 Å². The Morgan fingerprint density at radius 2 is 1.68 bits per heavy atom. The van der Waals surface area contributed by atoms with Crippen LogP contribution >= 0.6 is 0 Å². The van der Waals surface area contributed by atoms with Gasteiger partial charge in [0.05, 0.1) is 11.3 Å². The van der Waals surface area contributed by atoms with Crippen molar-refractivity contribution >= 4 is 23.4 Å². The fourth-order valence-electron chi connectivity index (χ4n) is 4.51. The lowest BCUT2D eigenvalue weighted by atomic mass is 9.95. The molecule has 6 nitrogen and oxygen atoms in total. The van der Waals surface area contributed by atoms with Gasteiger partial charge >= 0.3 is 0 Å². The van der Waals surface area contributed by atoms with Crippen LogP contribution in [-0.2, 0) is 16.0 Å². The molecule has 0 bridgehead atoms. The maximum absolute atomic E-state index is 13.4. The predicted octanol–water partition coefficient (Wildman–Crippen LogP) is 3.53. The van der Waals surface area contributed by atoms with Crippen LogP contribution < -0.4 is 10.6 Å². The summed E-state index contributed by atoms with van der Waals surface area (Å²) < 4.78 is 0. The molecule has 0 radical (unpaired) electrons. The fraction of sp³-hybridized carbons (Fsp3) is 0.400. The van der Waals surface area contributed by atoms with Gasteiger partial charge in [0.2, 0.25) is 0 Å². The van der Waals surface area contributed by atoms with Crippen molar-refractivity contribution in [3.63, 3.8) is 0 Å². The minimum absolute atomic E-state index is 0.0703. The van der Waals surface area contributed by atoms with E-state index in [1.54, 1.807) is 24.3 Å². The number of aryl methyl sites for hydroxylation is 1. The standard InChI is InChI=1S/C25H29N3O3/c29-23(26-19-13-5-2-6-14-19)22-24(30)27-21-16-8-7-15-20(21)25(31)28(22)17-9-12-18-10-3-1-4-11-18/h1,3-4,7-8,10-11,15-16,19,22H,2,5-6,9,12-14,17H2,(H,26,29)(H,27,30). The van der Waals surface area contributed by atoms with Crippen LogP contribution in [-0.4, -0.2) is 41.2 Å². The molecule has 0 spiro atoms. The van der Waals surface area contributed by atoms with Gasteiger partial charge in [-0.3, -0.25) is 14.4 Å². The number of hydrogen-bond donors (Lipinski definition) is 2. The van der Waals surface area contributed by atoms with E-state index in [-0.39, 0.29) is 17.9 Å². The van der Waals surface area contributed by atoms with Crippen LogP contribution in [0.2, 0.25) is 0 Å². The van der Waals surface area contributed by atoms with Gasteiger partial charge in [0.15, 0.2) is 6.04 Å². The van der Waals surface area contributed by atoms with Gasteiger partial charge in [-0.25, -0.2) is 0 Å². The minimum atomic E-state index is -1.17. The summed E-state index contributed by atoms with van der Waals surface area (Å²) in [7, 11) is 0. The number of anilines is 1. The van der Waals surface area contributed by atoms with E-state index in [0.717, 1.165) is 37.7 Å². The lowest BCUT2D eigenvalue weighted by Crippen LogP contribution is -2.56. The number of carbonyl (C=O) groups excluding carboxylic acids is 3. The van der Waals surface area contributed by atoms with Crippen molar-refractivity contribution in [2.24, 2.45) is 0 Å². The molecule has 2 N–H and O–H groups in total. The fourth-order valence-corrected chi connectivity index (χ4v) is 4.51. The lowest BCUT2D eigenvalue weighted by Gasteiger charge is -2.30. The smallest absolute Gasteiger partial charge is 0.257 e. The molecule has 4 rings (SSSR count). The third kappa shape index (κ3) is 4.95. The molecule has 1 aliphatic carbocycles. The van der Waals surface area contributed by atoms with Gasteiger partial charge in [0, 0.05) is 12.6 Å². The molecule has 1 fully saturated rings. The number of hydrogen-bond acceptors (Lipinski definition) is 3. The van der Waals surface area contributed by atoms with Crippen molar-refractivity contribution in [2.45, 2.75) is 57.0 Å². The van der Waals surface area contributed by atoms with Gasteiger partial charge in [-0.05, 0) is 43.4 Å². The molecule has 1 aliphatic heterocycles. The molecule has 1 atom stereocenters. The monoisotopic (exact) mass is 419 g/mol. The zero-order valence-electron chi connectivity index (χ0n) is 17.7. The number of benzene rings is 2. The van der Waals surface area contributed by atoms with Gasteiger partial charge in [0.25, 0.3) is 17.7 Å². The van der Waals surface area contributed by atoms with Crippen molar-refractivity contribution in [3.8, 4) is 0 Å². The normalized spacial score (nSPS) is 19.4. The van der Waals surface area contributed by atoms with E-state index < -0.39 is 11.9 Å². The van der Waals surface area contributed by atoms with Crippen LogP contribution in [0.5, 0.6) is 0 Å². The van der Waals surface area contributed by atoms with Crippen molar-refractivity contribution in [1.82, 2.24) is 10.2 Å². The molecule has 0 saturated heterocycles. The Kier molecular flexibility index (Phi) is 6.65. The van der Waals surface area contributed by atoms with Crippen molar-refractivity contribution < 1.29 is 14.4 Å². The van der Waals surface area contributed by atoms with Crippen LogP contribution in [0.3, 0.4) is 0 Å². The third-order valence-electron chi connectivity index (χ3n) is 6.14. The minimum Gasteiger partial charge on any atom is -0.351 e. The molecule has 1 saturated carbocycles. The average Bonchev–Trinajstić information content (AvgIpc) is 2.89. The van der Waals surface area contributed by atoms with E-state index in [0.29, 0.717) is 24.2 Å². The number of amides is 3. The van der Waals surface area contributed by atoms with Crippen molar-refractivity contribution in [1.29, 1.82) is 0 Å². The van der Waals surface area contributed by atoms with Gasteiger partial charge in [-0.2, -0.15) is 0 Å². The second-order valence-corrected chi connectivity index (χ2v) is 8.37. The predicted molar refractivity (Wildman–Crippen MR) is 120 cm³/mol. The zero-order chi connectivity index (χ0) is 21.6. The van der Waals surface area contributed by atoms with Gasteiger partial charge in [-0.15, -0.1) is 0 Å². The van der Waals surface area contributed by atoms with E-state index in [2.05, 4.69) is 10.6 Å². The molecule has 1 unspecified atom stereocenters. The first-order valence-corrected chi connectivity index (χ1v) is 11.2. The van der Waals surface area contributed by atoms with Crippen LogP contribution in [0.1, 0.15) is 54.4 Å². The highest BCUT2D eigenvalue weighted by Gasteiger charge is 2.40. The van der Waals surface area contributed by atoms with Gasteiger partial charge < -0.3 is 15.5 Å². The number of para-hydroxylation sites is 1. The highest BCUT2D eigenvalue weighted by Crippen LogP contribution is 2.24. The van der Waals surface area contributed by atoms with E-state index >= 15 is 0 Å². The molecule has 2 aromatic rings. The summed E-state index contributed by atoms with van der Waals surface area (Å²) >= 11 is 0. The molecular weight excluding hydrogens is 390 g/mol. The molecular formula is C25H29N3O3. The molecule has 2 aromatic carbocycles. The number of rotatable bonds is 6. The quantitative estimate of drug-likeness (QED) is 0.703. The van der Waals surface area contributed by atoms with E-state index in [9.17, 15) is 14.4 Å². The summed E-state index contributed by atoms with van der Waals surface area (Å²) in [6.45, 7) is 0.332. The van der Waals surface area contributed by atoms with Gasteiger partial charge in [0.1, 0.15) is 0 Å². The zero-order valence-corrected chi connectivity index (χ0v) is 17.7. The van der Waals surface area contributed by atoms with Crippen molar-refractivity contribution in [3.05, 3.63) is 65.7 Å². The van der Waals surface area contributed by atoms with Crippen LogP contribution in [0.15, 0.2) is 54.6 Å². The Hall–Kier alpha value is -3.15. The summed E-state index contributed by atoms with van der Waals surface area (Å²) in [4.78, 5) is 41.1. The number of nitrogens with one attached hydrogen (secondary N) is 2. The van der Waals surface area contributed by atoms with E-state index in [1.165, 1.54) is 11.3 Å². The maximum Gasteiger partial charge on any atom is 0.257 e. The first-order valence-electron chi connectivity index (χ1n) is 11.2. The Labute approximate surface area is 183 Å². The second-order valence-electron chi connectivity index (χ2n) is 8.37. The number of fused-ring (bicyclic) bond motifs is 1. The summed E-state index contributed by atoms with van der Waals surface area (Å²) in [5, 5.41) is 5.84. The van der Waals surface area contributed by atoms with Gasteiger partial charge in [-0.1, -0.05) is 61.7 Å². The highest BCUT2D eigenvalue weighted by molar-refractivity contribution is 6.17. The Balaban J connectivity index is 1.55. The number of carbonyl (C=O) groups is 3. The second kappa shape index (κ2) is 9.77.